The highest BCUT2D eigenvalue weighted by atomic mass is 35.5. The zero-order valence-electron chi connectivity index (χ0n) is 15.7. The molecule has 8 heteroatoms. The van der Waals surface area contributed by atoms with Crippen LogP contribution in [-0.2, 0) is 13.2 Å². The van der Waals surface area contributed by atoms with Gasteiger partial charge < -0.3 is 14.5 Å². The van der Waals surface area contributed by atoms with Crippen molar-refractivity contribution in [3.63, 3.8) is 0 Å². The quantitative estimate of drug-likeness (QED) is 0.401. The van der Waals surface area contributed by atoms with E-state index in [1.807, 2.05) is 30.3 Å². The molecule has 30 heavy (non-hydrogen) atoms. The maximum atomic E-state index is 12.4. The zero-order chi connectivity index (χ0) is 20.9. The minimum Gasteiger partial charge on any atom is -0.484 e. The monoisotopic (exact) mass is 441 g/mol. The summed E-state index contributed by atoms with van der Waals surface area (Å²) in [6.07, 6.45) is 1.81. The molecule has 0 unspecified atom stereocenters. The van der Waals surface area contributed by atoms with Crippen molar-refractivity contribution < 1.29 is 13.9 Å². The lowest BCUT2D eigenvalue weighted by molar-refractivity contribution is 0.0992. The van der Waals surface area contributed by atoms with Crippen LogP contribution in [0.3, 0.4) is 0 Å². The Bertz CT molecular complexity index is 1160. The Morgan fingerprint density at radius 3 is 2.70 bits per heavy atom. The van der Waals surface area contributed by atoms with Gasteiger partial charge in [-0.05, 0) is 35.9 Å². The Hall–Kier alpha value is -3.22. The first-order chi connectivity index (χ1) is 14.6. The fourth-order valence-electron chi connectivity index (χ4n) is 2.78. The van der Waals surface area contributed by atoms with Gasteiger partial charge in [0.05, 0.1) is 11.6 Å². The molecule has 0 atom stereocenters. The summed E-state index contributed by atoms with van der Waals surface area (Å²) in [6.45, 7) is 0.743. The summed E-state index contributed by atoms with van der Waals surface area (Å²) in [4.78, 5) is 12.4. The van der Waals surface area contributed by atoms with Crippen LogP contribution >= 0.6 is 23.2 Å². The SMILES string of the molecule is O=C(Nc1ccn(Cc2ccccc2)n1)c1ccc(COc2ccc(Cl)cc2Cl)o1. The second-order valence-corrected chi connectivity index (χ2v) is 7.31. The van der Waals surface area contributed by atoms with Crippen molar-refractivity contribution in [2.24, 2.45) is 0 Å². The van der Waals surface area contributed by atoms with Gasteiger partial charge in [0.25, 0.3) is 5.91 Å². The van der Waals surface area contributed by atoms with Crippen LogP contribution in [0.4, 0.5) is 5.82 Å². The summed E-state index contributed by atoms with van der Waals surface area (Å²) in [6, 6.07) is 19.9. The molecule has 1 N–H and O–H groups in total. The van der Waals surface area contributed by atoms with Gasteiger partial charge in [0.1, 0.15) is 18.1 Å². The number of benzene rings is 2. The van der Waals surface area contributed by atoms with Crippen molar-refractivity contribution in [1.82, 2.24) is 9.78 Å². The number of rotatable bonds is 7. The number of furan rings is 1. The average molecular weight is 442 g/mol. The number of carbonyl (C=O) groups excluding carboxylic acids is 1. The van der Waals surface area contributed by atoms with Crippen LogP contribution in [0.15, 0.2) is 77.3 Å². The highest BCUT2D eigenvalue weighted by Crippen LogP contribution is 2.28. The Morgan fingerprint density at radius 1 is 1.07 bits per heavy atom. The molecule has 0 bridgehead atoms. The van der Waals surface area contributed by atoms with Crippen LogP contribution in [0.2, 0.25) is 10.0 Å². The van der Waals surface area contributed by atoms with Crippen molar-refractivity contribution in [3.05, 3.63) is 100 Å². The molecule has 152 valence electrons. The van der Waals surface area contributed by atoms with E-state index < -0.39 is 5.91 Å². The number of hydrogen-bond acceptors (Lipinski definition) is 4. The molecule has 4 aromatic rings. The lowest BCUT2D eigenvalue weighted by Crippen LogP contribution is -2.12. The molecule has 2 heterocycles. The summed E-state index contributed by atoms with van der Waals surface area (Å²) in [5, 5.41) is 8.01. The molecule has 0 aliphatic heterocycles. The molecule has 6 nitrogen and oxygen atoms in total. The third kappa shape index (κ3) is 5.03. The molecule has 0 saturated carbocycles. The van der Waals surface area contributed by atoms with E-state index in [2.05, 4.69) is 10.4 Å². The molecule has 2 aromatic heterocycles. The Morgan fingerprint density at radius 2 is 1.90 bits per heavy atom. The van der Waals surface area contributed by atoms with E-state index in [1.54, 1.807) is 47.3 Å². The van der Waals surface area contributed by atoms with Crippen molar-refractivity contribution in [1.29, 1.82) is 0 Å². The fraction of sp³-hybridized carbons (Fsp3) is 0.0909. The second-order valence-electron chi connectivity index (χ2n) is 6.47. The predicted octanol–water partition coefficient (Wildman–Crippen LogP) is 5.66. The number of ether oxygens (including phenoxy) is 1. The maximum Gasteiger partial charge on any atom is 0.292 e. The van der Waals surface area contributed by atoms with Gasteiger partial charge in [-0.2, -0.15) is 5.10 Å². The second kappa shape index (κ2) is 9.07. The van der Waals surface area contributed by atoms with Crippen LogP contribution in [0, 0.1) is 0 Å². The molecule has 4 rings (SSSR count). The van der Waals surface area contributed by atoms with E-state index in [9.17, 15) is 4.79 Å². The van der Waals surface area contributed by atoms with E-state index >= 15 is 0 Å². The number of nitrogens with one attached hydrogen (secondary N) is 1. The minimum atomic E-state index is -0.393. The number of aromatic nitrogens is 2. The van der Waals surface area contributed by atoms with Crippen molar-refractivity contribution in [3.8, 4) is 5.75 Å². The van der Waals surface area contributed by atoms with Crippen LogP contribution < -0.4 is 10.1 Å². The lowest BCUT2D eigenvalue weighted by Gasteiger charge is -2.06. The smallest absolute Gasteiger partial charge is 0.292 e. The first-order valence-corrected chi connectivity index (χ1v) is 9.88. The van der Waals surface area contributed by atoms with Gasteiger partial charge in [-0.25, -0.2) is 0 Å². The summed E-state index contributed by atoms with van der Waals surface area (Å²) >= 11 is 12.0. The number of amides is 1. The van der Waals surface area contributed by atoms with Gasteiger partial charge in [0.2, 0.25) is 0 Å². The predicted molar refractivity (Wildman–Crippen MR) is 115 cm³/mol. The number of anilines is 1. The van der Waals surface area contributed by atoms with Crippen molar-refractivity contribution in [2.45, 2.75) is 13.2 Å². The Labute approximate surface area is 183 Å². The van der Waals surface area contributed by atoms with Crippen molar-refractivity contribution >= 4 is 34.9 Å². The Kier molecular flexibility index (Phi) is 6.07. The molecule has 1 amide bonds. The largest absolute Gasteiger partial charge is 0.484 e. The summed E-state index contributed by atoms with van der Waals surface area (Å²) in [5.74, 6) is 1.18. The standard InChI is InChI=1S/C22H17Cl2N3O3/c23-16-6-8-19(18(24)12-16)29-14-17-7-9-20(30-17)22(28)25-21-10-11-27(26-21)13-15-4-2-1-3-5-15/h1-12H,13-14H2,(H,25,26,28). The van der Waals surface area contributed by atoms with Crippen LogP contribution in [-0.4, -0.2) is 15.7 Å². The third-order valence-electron chi connectivity index (χ3n) is 4.22. The molecule has 2 aromatic carbocycles. The van der Waals surface area contributed by atoms with Gasteiger partial charge in [0, 0.05) is 17.3 Å². The van der Waals surface area contributed by atoms with Gasteiger partial charge in [-0.3, -0.25) is 9.48 Å². The van der Waals surface area contributed by atoms with Gasteiger partial charge in [-0.15, -0.1) is 0 Å². The van der Waals surface area contributed by atoms with Crippen molar-refractivity contribution in [2.75, 3.05) is 5.32 Å². The molecule has 0 saturated heterocycles. The van der Waals surface area contributed by atoms with Gasteiger partial charge in [0.15, 0.2) is 11.6 Å². The summed E-state index contributed by atoms with van der Waals surface area (Å²) in [7, 11) is 0. The first-order valence-electron chi connectivity index (χ1n) is 9.12. The maximum absolute atomic E-state index is 12.4. The number of carbonyl (C=O) groups is 1. The summed E-state index contributed by atoms with van der Waals surface area (Å²) < 4.78 is 12.9. The minimum absolute atomic E-state index is 0.125. The van der Waals surface area contributed by atoms with Crippen LogP contribution in [0.1, 0.15) is 21.9 Å². The summed E-state index contributed by atoms with van der Waals surface area (Å²) in [5.41, 5.74) is 1.12. The lowest BCUT2D eigenvalue weighted by atomic mass is 10.2. The fourth-order valence-corrected chi connectivity index (χ4v) is 3.25. The highest BCUT2D eigenvalue weighted by Gasteiger charge is 2.14. The van der Waals surface area contributed by atoms with Gasteiger partial charge in [-0.1, -0.05) is 53.5 Å². The zero-order valence-corrected chi connectivity index (χ0v) is 17.2. The van der Waals surface area contributed by atoms with E-state index in [1.165, 1.54) is 0 Å². The Balaban J connectivity index is 1.34. The van der Waals surface area contributed by atoms with Crippen LogP contribution in [0.5, 0.6) is 5.75 Å². The molecule has 0 aliphatic carbocycles. The number of hydrogen-bond donors (Lipinski definition) is 1. The van der Waals surface area contributed by atoms with E-state index in [4.69, 9.17) is 32.4 Å². The molecule has 0 aliphatic rings. The van der Waals surface area contributed by atoms with E-state index in [0.717, 1.165) is 5.56 Å². The molecular formula is C22H17Cl2N3O3. The molecule has 0 radical (unpaired) electrons. The van der Waals surface area contributed by atoms with Gasteiger partial charge >= 0.3 is 0 Å². The average Bonchev–Trinajstić information content (AvgIpc) is 3.38. The molecular weight excluding hydrogens is 425 g/mol. The number of nitrogens with zero attached hydrogens (tertiary/aromatic N) is 2. The molecule has 0 spiro atoms. The van der Waals surface area contributed by atoms with E-state index in [0.29, 0.717) is 33.9 Å². The third-order valence-corrected chi connectivity index (χ3v) is 4.75. The first kappa shape index (κ1) is 20.1. The number of halogens is 2. The van der Waals surface area contributed by atoms with Crippen LogP contribution in [0.25, 0.3) is 0 Å². The normalized spacial score (nSPS) is 10.7. The highest BCUT2D eigenvalue weighted by molar-refractivity contribution is 6.35. The van der Waals surface area contributed by atoms with E-state index in [-0.39, 0.29) is 12.4 Å². The topological polar surface area (TPSA) is 69.3 Å². The molecule has 0 fully saturated rings.